The highest BCUT2D eigenvalue weighted by molar-refractivity contribution is 5.93. The number of Topliss-reactive ketones (excluding diaryl/α,β-unsaturated/α-hetero) is 1. The van der Waals surface area contributed by atoms with E-state index in [4.69, 9.17) is 0 Å². The third-order valence-electron chi connectivity index (χ3n) is 9.31. The summed E-state index contributed by atoms with van der Waals surface area (Å²) >= 11 is 0. The number of allylic oxidation sites excluding steroid dienone is 4. The van der Waals surface area contributed by atoms with Gasteiger partial charge in [-0.2, -0.15) is 0 Å². The Morgan fingerprint density at radius 1 is 1.12 bits per heavy atom. The van der Waals surface area contributed by atoms with Crippen molar-refractivity contribution in [3.63, 3.8) is 0 Å². The van der Waals surface area contributed by atoms with Gasteiger partial charge in [-0.25, -0.2) is 0 Å². The Labute approximate surface area is 197 Å². The summed E-state index contributed by atoms with van der Waals surface area (Å²) in [6, 6.07) is 8.68. The van der Waals surface area contributed by atoms with Crippen molar-refractivity contribution in [1.82, 2.24) is 0 Å². The quantitative estimate of drug-likeness (QED) is 0.568. The number of rotatable bonds is 5. The molecule has 5 atom stereocenters. The molecule has 4 nitrogen and oxygen atoms in total. The molecule has 0 radical (unpaired) electrons. The SMILES string of the molecule is CC(=O)C1CCC2C3CCC4=CC(=O)CCC4=C3C(c3ccc(N(C)CC=O)cc3)CC12C. The van der Waals surface area contributed by atoms with Gasteiger partial charge in [0, 0.05) is 31.0 Å². The van der Waals surface area contributed by atoms with Crippen molar-refractivity contribution < 1.29 is 14.4 Å². The zero-order chi connectivity index (χ0) is 23.3. The largest absolute Gasteiger partial charge is 0.368 e. The van der Waals surface area contributed by atoms with Crippen LogP contribution >= 0.6 is 0 Å². The van der Waals surface area contributed by atoms with E-state index < -0.39 is 0 Å². The molecule has 0 heterocycles. The van der Waals surface area contributed by atoms with E-state index in [1.165, 1.54) is 16.7 Å². The second-order valence-corrected chi connectivity index (χ2v) is 11.0. The van der Waals surface area contributed by atoms with E-state index in [1.807, 2.05) is 18.0 Å². The summed E-state index contributed by atoms with van der Waals surface area (Å²) in [6.07, 6.45) is 9.58. The highest BCUT2D eigenvalue weighted by Gasteiger charge is 2.57. The number of hydrogen-bond acceptors (Lipinski definition) is 4. The maximum absolute atomic E-state index is 12.7. The van der Waals surface area contributed by atoms with Gasteiger partial charge in [-0.05, 0) is 97.6 Å². The molecule has 174 valence electrons. The van der Waals surface area contributed by atoms with Crippen LogP contribution in [0.5, 0.6) is 0 Å². The Hall–Kier alpha value is -2.49. The van der Waals surface area contributed by atoms with Gasteiger partial charge in [-0.3, -0.25) is 9.59 Å². The van der Waals surface area contributed by atoms with Crippen LogP contribution in [0.2, 0.25) is 0 Å². The van der Waals surface area contributed by atoms with Crippen molar-refractivity contribution in [3.05, 3.63) is 52.6 Å². The minimum absolute atomic E-state index is 0.0317. The molecule has 0 aromatic heterocycles. The van der Waals surface area contributed by atoms with Gasteiger partial charge in [0.2, 0.25) is 0 Å². The topological polar surface area (TPSA) is 54.5 Å². The lowest BCUT2D eigenvalue weighted by molar-refractivity contribution is -0.125. The second kappa shape index (κ2) is 8.38. The molecule has 0 spiro atoms. The van der Waals surface area contributed by atoms with Gasteiger partial charge < -0.3 is 9.69 Å². The van der Waals surface area contributed by atoms with Gasteiger partial charge in [0.25, 0.3) is 0 Å². The third kappa shape index (κ3) is 3.62. The molecule has 5 rings (SSSR count). The van der Waals surface area contributed by atoms with E-state index in [0.29, 0.717) is 30.6 Å². The summed E-state index contributed by atoms with van der Waals surface area (Å²) in [5.41, 5.74) is 6.67. The number of fused-ring (bicyclic) bond motifs is 4. The summed E-state index contributed by atoms with van der Waals surface area (Å²) in [7, 11) is 1.93. The fourth-order valence-electron chi connectivity index (χ4n) is 7.80. The standard InChI is InChI=1S/C29H35NO3/c1-18(32)26-12-13-27-24-10-6-20-16-22(33)9-11-23(20)28(24)25(17-29(26,27)2)19-4-7-21(8-5-19)30(3)14-15-31/h4-5,7-8,15-16,24-27H,6,9-14,17H2,1-3H3. The van der Waals surface area contributed by atoms with E-state index in [2.05, 4.69) is 31.2 Å². The smallest absolute Gasteiger partial charge is 0.156 e. The van der Waals surface area contributed by atoms with Crippen LogP contribution in [0.3, 0.4) is 0 Å². The van der Waals surface area contributed by atoms with E-state index in [-0.39, 0.29) is 23.0 Å². The Balaban J connectivity index is 1.61. The molecule has 0 aliphatic heterocycles. The molecule has 0 bridgehead atoms. The highest BCUT2D eigenvalue weighted by atomic mass is 16.1. The molecule has 1 aromatic rings. The number of aldehydes is 1. The van der Waals surface area contributed by atoms with E-state index in [9.17, 15) is 14.4 Å². The number of likely N-dealkylation sites (N-methyl/N-ethyl adjacent to an activating group) is 1. The Bertz CT molecular complexity index is 1050. The molecule has 0 amide bonds. The molecule has 5 unspecified atom stereocenters. The lowest BCUT2D eigenvalue weighted by atomic mass is 9.51. The van der Waals surface area contributed by atoms with Crippen molar-refractivity contribution in [1.29, 1.82) is 0 Å². The van der Waals surface area contributed by atoms with Crippen molar-refractivity contribution in [2.24, 2.45) is 23.2 Å². The van der Waals surface area contributed by atoms with E-state index in [1.54, 1.807) is 12.5 Å². The van der Waals surface area contributed by atoms with Crippen LogP contribution in [0.15, 0.2) is 47.1 Å². The van der Waals surface area contributed by atoms with Crippen molar-refractivity contribution in [2.45, 2.75) is 64.7 Å². The number of carbonyl (C=O) groups excluding carboxylic acids is 3. The molecule has 4 aliphatic carbocycles. The van der Waals surface area contributed by atoms with Crippen molar-refractivity contribution >= 4 is 23.5 Å². The second-order valence-electron chi connectivity index (χ2n) is 11.0. The number of benzene rings is 1. The highest BCUT2D eigenvalue weighted by Crippen LogP contribution is 2.65. The van der Waals surface area contributed by atoms with Crippen LogP contribution in [-0.2, 0) is 14.4 Å². The van der Waals surface area contributed by atoms with Crippen LogP contribution in [0.1, 0.15) is 70.3 Å². The van der Waals surface area contributed by atoms with Gasteiger partial charge >= 0.3 is 0 Å². The molecule has 4 aliphatic rings. The molecule has 1 aromatic carbocycles. The molecule has 33 heavy (non-hydrogen) atoms. The monoisotopic (exact) mass is 445 g/mol. The molecular weight excluding hydrogens is 410 g/mol. The number of hydrogen-bond donors (Lipinski definition) is 0. The van der Waals surface area contributed by atoms with E-state index in [0.717, 1.165) is 50.5 Å². The molecule has 2 saturated carbocycles. The summed E-state index contributed by atoms with van der Waals surface area (Å²) in [5, 5.41) is 0. The maximum atomic E-state index is 12.7. The van der Waals surface area contributed by atoms with Crippen molar-refractivity contribution in [2.75, 3.05) is 18.5 Å². The lowest BCUT2D eigenvalue weighted by Gasteiger charge is -2.52. The Morgan fingerprint density at radius 3 is 2.58 bits per heavy atom. The first kappa shape index (κ1) is 22.3. The number of carbonyl (C=O) groups is 3. The first-order chi connectivity index (χ1) is 15.8. The molecule has 0 N–H and O–H groups in total. The average Bonchev–Trinajstić information content (AvgIpc) is 3.15. The summed E-state index contributed by atoms with van der Waals surface area (Å²) in [4.78, 5) is 37.7. The van der Waals surface area contributed by atoms with Crippen LogP contribution < -0.4 is 4.90 Å². The minimum Gasteiger partial charge on any atom is -0.368 e. The van der Waals surface area contributed by atoms with Gasteiger partial charge in [0.05, 0.1) is 6.54 Å². The van der Waals surface area contributed by atoms with Gasteiger partial charge in [-0.1, -0.05) is 24.6 Å². The zero-order valence-electron chi connectivity index (χ0n) is 20.1. The van der Waals surface area contributed by atoms with Crippen LogP contribution in [0.25, 0.3) is 0 Å². The normalized spacial score (nSPS) is 33.1. The fraction of sp³-hybridized carbons (Fsp3) is 0.552. The molecular formula is C29H35NO3. The maximum Gasteiger partial charge on any atom is 0.156 e. The Morgan fingerprint density at radius 2 is 1.88 bits per heavy atom. The molecule has 0 saturated heterocycles. The fourth-order valence-corrected chi connectivity index (χ4v) is 7.80. The molecule has 4 heteroatoms. The number of anilines is 1. The van der Waals surface area contributed by atoms with E-state index >= 15 is 0 Å². The van der Waals surface area contributed by atoms with Gasteiger partial charge in [-0.15, -0.1) is 0 Å². The summed E-state index contributed by atoms with van der Waals surface area (Å²) < 4.78 is 0. The number of nitrogens with zero attached hydrogens (tertiary/aromatic N) is 1. The van der Waals surface area contributed by atoms with Crippen LogP contribution in [-0.4, -0.2) is 31.4 Å². The van der Waals surface area contributed by atoms with Gasteiger partial charge in [0.15, 0.2) is 5.78 Å². The predicted molar refractivity (Wildman–Crippen MR) is 130 cm³/mol. The summed E-state index contributed by atoms with van der Waals surface area (Å²) in [5.74, 6) is 2.12. The van der Waals surface area contributed by atoms with Crippen LogP contribution in [0, 0.1) is 23.2 Å². The third-order valence-corrected chi connectivity index (χ3v) is 9.31. The molecule has 2 fully saturated rings. The lowest BCUT2D eigenvalue weighted by Crippen LogP contribution is -2.44. The predicted octanol–water partition coefficient (Wildman–Crippen LogP) is 5.43. The Kier molecular flexibility index (Phi) is 5.66. The first-order valence-electron chi connectivity index (χ1n) is 12.6. The summed E-state index contributed by atoms with van der Waals surface area (Å²) in [6.45, 7) is 4.54. The number of ketones is 2. The minimum atomic E-state index is 0.0317. The zero-order valence-corrected chi connectivity index (χ0v) is 20.1. The van der Waals surface area contributed by atoms with Crippen molar-refractivity contribution in [3.8, 4) is 0 Å². The van der Waals surface area contributed by atoms with Gasteiger partial charge in [0.1, 0.15) is 12.1 Å². The first-order valence-corrected chi connectivity index (χ1v) is 12.6. The van der Waals surface area contributed by atoms with Crippen LogP contribution in [0.4, 0.5) is 5.69 Å². The average molecular weight is 446 g/mol.